The molecule has 3 heteroatoms. The molecule has 0 unspecified atom stereocenters. The van der Waals surface area contributed by atoms with Crippen molar-refractivity contribution in [1.29, 1.82) is 0 Å². The maximum Gasteiger partial charge on any atom is 0.284 e. The Hall–Kier alpha value is -0.703. The van der Waals surface area contributed by atoms with Gasteiger partial charge in [0.2, 0.25) is 0 Å². The molecule has 0 aliphatic rings. The van der Waals surface area contributed by atoms with Gasteiger partial charge in [-0.3, -0.25) is 0 Å². The van der Waals surface area contributed by atoms with Gasteiger partial charge in [-0.05, 0) is 30.3 Å². The van der Waals surface area contributed by atoms with Gasteiger partial charge in [0.15, 0.2) is 0 Å². The smallest absolute Gasteiger partial charge is 0.284 e. The molecule has 0 saturated heterocycles. The maximum atomic E-state index is 5.96. The van der Waals surface area contributed by atoms with Gasteiger partial charge >= 0.3 is 0 Å². The van der Waals surface area contributed by atoms with Gasteiger partial charge < -0.3 is 4.53 Å². The average Bonchev–Trinajstić information content (AvgIpc) is 2.35. The first kappa shape index (κ1) is 10.4. The van der Waals surface area contributed by atoms with Gasteiger partial charge in [-0.1, -0.05) is 20.8 Å². The minimum absolute atomic E-state index is 0.261. The lowest BCUT2D eigenvalue weighted by molar-refractivity contribution is 0.251. The fourth-order valence-electron chi connectivity index (χ4n) is 0.780. The van der Waals surface area contributed by atoms with E-state index in [1.807, 2.05) is 29.3 Å². The summed E-state index contributed by atoms with van der Waals surface area (Å²) >= 11 is 0. The topological polar surface area (TPSA) is 14.2 Å². The maximum absolute atomic E-state index is 5.96. The van der Waals surface area contributed by atoms with Crippen LogP contribution in [0.25, 0.3) is 0 Å². The van der Waals surface area contributed by atoms with Gasteiger partial charge in [0.25, 0.3) is 8.32 Å². The number of hydrogen-bond acceptors (Lipinski definition) is 1. The van der Waals surface area contributed by atoms with Crippen molar-refractivity contribution < 1.29 is 4.53 Å². The van der Waals surface area contributed by atoms with Crippen LogP contribution < -0.4 is 4.53 Å². The molecule has 0 aromatic carbocycles. The van der Waals surface area contributed by atoms with Gasteiger partial charge in [-0.25, -0.2) is 4.73 Å². The van der Waals surface area contributed by atoms with Crippen molar-refractivity contribution in [3.8, 4) is 0 Å². The van der Waals surface area contributed by atoms with Gasteiger partial charge in [0.1, 0.15) is 0 Å². The van der Waals surface area contributed by atoms with E-state index in [1.165, 1.54) is 0 Å². The molecule has 0 bridgehead atoms. The summed E-state index contributed by atoms with van der Waals surface area (Å²) in [4.78, 5) is 0. The molecule has 1 aromatic heterocycles. The third-order valence-electron chi connectivity index (χ3n) is 2.72. The highest BCUT2D eigenvalue weighted by molar-refractivity contribution is 6.74. The van der Waals surface area contributed by atoms with E-state index in [2.05, 4.69) is 33.9 Å². The van der Waals surface area contributed by atoms with Gasteiger partial charge in [0, 0.05) is 12.4 Å². The molecule has 0 N–H and O–H groups in total. The first-order valence-corrected chi connectivity index (χ1v) is 7.56. The van der Waals surface area contributed by atoms with Crippen LogP contribution in [-0.2, 0) is 0 Å². The molecule has 0 aliphatic heterocycles. The van der Waals surface area contributed by atoms with Gasteiger partial charge in [-0.2, -0.15) is 0 Å². The van der Waals surface area contributed by atoms with Gasteiger partial charge in [0.05, 0.1) is 0 Å². The van der Waals surface area contributed by atoms with Crippen molar-refractivity contribution in [2.24, 2.45) is 0 Å². The third-order valence-corrected chi connectivity index (χ3v) is 7.00. The fraction of sp³-hybridized carbons (Fsp3) is 0.600. The van der Waals surface area contributed by atoms with E-state index in [4.69, 9.17) is 4.53 Å². The van der Waals surface area contributed by atoms with Crippen LogP contribution in [0.2, 0.25) is 18.1 Å². The SMILES string of the molecule is CC(C)(C)[Si](C)(C)On1cccc1. The van der Waals surface area contributed by atoms with Crippen LogP contribution in [0.3, 0.4) is 0 Å². The quantitative estimate of drug-likeness (QED) is 0.665. The first-order valence-electron chi connectivity index (χ1n) is 4.65. The van der Waals surface area contributed by atoms with E-state index in [0.717, 1.165) is 0 Å². The molecule has 1 heterocycles. The molecule has 0 atom stereocenters. The normalized spacial score (nSPS) is 13.0. The predicted octanol–water partition coefficient (Wildman–Crippen LogP) is 2.92. The Morgan fingerprint density at radius 1 is 1.08 bits per heavy atom. The van der Waals surface area contributed by atoms with Crippen LogP contribution in [-0.4, -0.2) is 13.0 Å². The Morgan fingerprint density at radius 2 is 1.54 bits per heavy atom. The van der Waals surface area contributed by atoms with Crippen molar-refractivity contribution >= 4 is 8.32 Å². The molecule has 1 aromatic rings. The Labute approximate surface area is 81.6 Å². The van der Waals surface area contributed by atoms with Crippen LogP contribution in [0, 0.1) is 0 Å². The van der Waals surface area contributed by atoms with Gasteiger partial charge in [-0.15, -0.1) is 0 Å². The molecule has 0 saturated carbocycles. The molecular formula is C10H19NOSi. The van der Waals surface area contributed by atoms with Crippen molar-refractivity contribution in [2.75, 3.05) is 0 Å². The van der Waals surface area contributed by atoms with Crippen molar-refractivity contribution in [2.45, 2.75) is 38.9 Å². The standard InChI is InChI=1S/C10H19NOSi/c1-10(2,3)13(4,5)12-11-8-6-7-9-11/h6-9H,1-5H3. The summed E-state index contributed by atoms with van der Waals surface area (Å²) in [6.07, 6.45) is 3.89. The number of hydrogen-bond donors (Lipinski definition) is 0. The molecule has 0 amide bonds. The predicted molar refractivity (Wildman–Crippen MR) is 58.2 cm³/mol. The summed E-state index contributed by atoms with van der Waals surface area (Å²) in [5.74, 6) is 0. The van der Waals surface area contributed by atoms with E-state index in [0.29, 0.717) is 0 Å². The number of nitrogens with zero attached hydrogens (tertiary/aromatic N) is 1. The van der Waals surface area contributed by atoms with E-state index < -0.39 is 8.32 Å². The third kappa shape index (κ3) is 2.37. The van der Waals surface area contributed by atoms with Crippen molar-refractivity contribution in [1.82, 2.24) is 4.73 Å². The lowest BCUT2D eigenvalue weighted by atomic mass is 10.2. The Morgan fingerprint density at radius 3 is 1.92 bits per heavy atom. The summed E-state index contributed by atoms with van der Waals surface area (Å²) < 4.78 is 7.78. The molecule has 0 radical (unpaired) electrons. The monoisotopic (exact) mass is 197 g/mol. The van der Waals surface area contributed by atoms with Crippen LogP contribution >= 0.6 is 0 Å². The molecule has 0 fully saturated rings. The minimum Gasteiger partial charge on any atom is -0.470 e. The summed E-state index contributed by atoms with van der Waals surface area (Å²) in [5, 5.41) is 0.261. The molecule has 0 spiro atoms. The highest BCUT2D eigenvalue weighted by atomic mass is 28.4. The Kier molecular flexibility index (Phi) is 2.57. The zero-order chi connectivity index (χ0) is 10.1. The summed E-state index contributed by atoms with van der Waals surface area (Å²) in [6, 6.07) is 3.96. The Bertz CT molecular complexity index is 259. The van der Waals surface area contributed by atoms with Crippen LogP contribution in [0.4, 0.5) is 0 Å². The Balaban J connectivity index is 2.73. The fourth-order valence-corrected chi connectivity index (χ4v) is 1.70. The second-order valence-electron chi connectivity index (χ2n) is 4.89. The summed E-state index contributed by atoms with van der Waals surface area (Å²) in [7, 11) is -1.65. The number of rotatable bonds is 2. The zero-order valence-corrected chi connectivity index (χ0v) is 10.2. The molecule has 74 valence electrons. The van der Waals surface area contributed by atoms with E-state index in [1.54, 1.807) is 0 Å². The molecule has 13 heavy (non-hydrogen) atoms. The molecule has 0 aliphatic carbocycles. The molecule has 1 rings (SSSR count). The summed E-state index contributed by atoms with van der Waals surface area (Å²) in [6.45, 7) is 11.2. The van der Waals surface area contributed by atoms with Crippen LogP contribution in [0.5, 0.6) is 0 Å². The second kappa shape index (κ2) is 3.22. The van der Waals surface area contributed by atoms with Crippen LogP contribution in [0.15, 0.2) is 24.5 Å². The van der Waals surface area contributed by atoms with Crippen molar-refractivity contribution in [3.05, 3.63) is 24.5 Å². The molecule has 2 nitrogen and oxygen atoms in total. The van der Waals surface area contributed by atoms with E-state index in [9.17, 15) is 0 Å². The largest absolute Gasteiger partial charge is 0.470 e. The second-order valence-corrected chi connectivity index (χ2v) is 9.60. The van der Waals surface area contributed by atoms with E-state index in [-0.39, 0.29) is 5.04 Å². The molecular weight excluding hydrogens is 178 g/mol. The highest BCUT2D eigenvalue weighted by Crippen LogP contribution is 2.34. The zero-order valence-electron chi connectivity index (χ0n) is 9.16. The minimum atomic E-state index is -1.65. The highest BCUT2D eigenvalue weighted by Gasteiger charge is 2.40. The summed E-state index contributed by atoms with van der Waals surface area (Å²) in [5.41, 5.74) is 0. The lowest BCUT2D eigenvalue weighted by Gasteiger charge is -2.35. The average molecular weight is 197 g/mol. The first-order chi connectivity index (χ1) is 5.83. The lowest BCUT2D eigenvalue weighted by Crippen LogP contribution is -2.47. The van der Waals surface area contributed by atoms with Crippen LogP contribution in [0.1, 0.15) is 20.8 Å². The van der Waals surface area contributed by atoms with E-state index >= 15 is 0 Å². The van der Waals surface area contributed by atoms with Crippen molar-refractivity contribution in [3.63, 3.8) is 0 Å². The number of aromatic nitrogens is 1.